The zero-order chi connectivity index (χ0) is 22.4. The Balaban J connectivity index is 1.56. The molecule has 0 saturated carbocycles. The Morgan fingerprint density at radius 2 is 1.58 bits per heavy atom. The van der Waals surface area contributed by atoms with Crippen molar-refractivity contribution in [3.8, 4) is 17.1 Å². The number of rotatable bonds is 5. The fourth-order valence-electron chi connectivity index (χ4n) is 4.80. The maximum absolute atomic E-state index is 6.16. The highest BCUT2D eigenvalue weighted by Gasteiger charge is 2.17. The van der Waals surface area contributed by atoms with Crippen LogP contribution in [0.2, 0.25) is 0 Å². The Hall–Kier alpha value is -3.92. The summed E-state index contributed by atoms with van der Waals surface area (Å²) in [6.45, 7) is 4.42. The van der Waals surface area contributed by atoms with Gasteiger partial charge in [-0.15, -0.1) is 0 Å². The van der Waals surface area contributed by atoms with Gasteiger partial charge >= 0.3 is 0 Å². The van der Waals surface area contributed by atoms with Gasteiger partial charge in [-0.3, -0.25) is 4.57 Å². The smallest absolute Gasteiger partial charge is 0.227 e. The molecule has 0 spiro atoms. The molecule has 0 aliphatic heterocycles. The van der Waals surface area contributed by atoms with Crippen molar-refractivity contribution in [1.29, 1.82) is 0 Å². The molecule has 4 nitrogen and oxygen atoms in total. The van der Waals surface area contributed by atoms with Gasteiger partial charge in [-0.05, 0) is 67.4 Å². The standard InChI is InChI=1S/C29H25N3O/c1-3-19(4-2)24-16-15-22-23-18-20(14-17-27(23)33-29(22)31-24)28-30-25-12-8-9-13-26(25)32(28)21-10-6-5-7-11-21/h5-19H,3-4H2,1-2H3. The summed E-state index contributed by atoms with van der Waals surface area (Å²) in [5.74, 6) is 1.38. The average Bonchev–Trinajstić information content (AvgIpc) is 3.43. The fourth-order valence-corrected chi connectivity index (χ4v) is 4.80. The Labute approximate surface area is 192 Å². The van der Waals surface area contributed by atoms with E-state index in [2.05, 4.69) is 85.1 Å². The minimum atomic E-state index is 0.462. The van der Waals surface area contributed by atoms with E-state index in [9.17, 15) is 0 Å². The van der Waals surface area contributed by atoms with Crippen molar-refractivity contribution < 1.29 is 4.42 Å². The predicted molar refractivity (Wildman–Crippen MR) is 135 cm³/mol. The van der Waals surface area contributed by atoms with E-state index in [-0.39, 0.29) is 0 Å². The first-order chi connectivity index (χ1) is 16.3. The Morgan fingerprint density at radius 1 is 0.788 bits per heavy atom. The summed E-state index contributed by atoms with van der Waals surface area (Å²) in [7, 11) is 0. The highest BCUT2D eigenvalue weighted by Crippen LogP contribution is 2.35. The molecule has 33 heavy (non-hydrogen) atoms. The lowest BCUT2D eigenvalue weighted by Gasteiger charge is -2.10. The zero-order valence-corrected chi connectivity index (χ0v) is 18.8. The Bertz CT molecular complexity index is 1590. The van der Waals surface area contributed by atoms with E-state index in [1.165, 1.54) is 0 Å². The summed E-state index contributed by atoms with van der Waals surface area (Å²) in [5.41, 5.74) is 6.88. The first-order valence-electron chi connectivity index (χ1n) is 11.6. The molecule has 4 heteroatoms. The minimum Gasteiger partial charge on any atom is -0.438 e. The van der Waals surface area contributed by atoms with Gasteiger partial charge in [0.15, 0.2) is 0 Å². The van der Waals surface area contributed by atoms with Gasteiger partial charge in [0.1, 0.15) is 11.4 Å². The molecule has 3 heterocycles. The van der Waals surface area contributed by atoms with Gasteiger partial charge in [0.05, 0.1) is 11.0 Å². The maximum atomic E-state index is 6.16. The van der Waals surface area contributed by atoms with Crippen LogP contribution in [-0.2, 0) is 0 Å². The van der Waals surface area contributed by atoms with Gasteiger partial charge < -0.3 is 4.42 Å². The van der Waals surface area contributed by atoms with Crippen molar-refractivity contribution in [2.75, 3.05) is 0 Å². The van der Waals surface area contributed by atoms with E-state index in [1.807, 2.05) is 18.2 Å². The van der Waals surface area contributed by atoms with Crippen molar-refractivity contribution in [2.24, 2.45) is 0 Å². The molecule has 3 aromatic heterocycles. The Morgan fingerprint density at radius 3 is 2.39 bits per heavy atom. The largest absolute Gasteiger partial charge is 0.438 e. The van der Waals surface area contributed by atoms with Gasteiger partial charge in [-0.2, -0.15) is 0 Å². The first kappa shape index (κ1) is 19.7. The number of hydrogen-bond acceptors (Lipinski definition) is 3. The van der Waals surface area contributed by atoms with Crippen LogP contribution in [0.5, 0.6) is 0 Å². The van der Waals surface area contributed by atoms with E-state index in [1.54, 1.807) is 0 Å². The summed E-state index contributed by atoms with van der Waals surface area (Å²) < 4.78 is 8.38. The van der Waals surface area contributed by atoms with Crippen molar-refractivity contribution in [3.63, 3.8) is 0 Å². The number of furan rings is 1. The topological polar surface area (TPSA) is 43.9 Å². The zero-order valence-electron chi connectivity index (χ0n) is 18.8. The number of nitrogens with zero attached hydrogens (tertiary/aromatic N) is 3. The van der Waals surface area contributed by atoms with E-state index in [0.717, 1.165) is 63.0 Å². The number of para-hydroxylation sites is 3. The molecule has 6 aromatic rings. The lowest BCUT2D eigenvalue weighted by atomic mass is 9.98. The fraction of sp³-hybridized carbons (Fsp3) is 0.172. The monoisotopic (exact) mass is 431 g/mol. The van der Waals surface area contributed by atoms with Crippen molar-refractivity contribution in [1.82, 2.24) is 14.5 Å². The molecule has 0 bridgehead atoms. The molecule has 3 aromatic carbocycles. The normalized spacial score (nSPS) is 11.8. The van der Waals surface area contributed by atoms with Crippen LogP contribution in [0.15, 0.2) is 89.3 Å². The molecular formula is C29H25N3O. The number of pyridine rings is 1. The van der Waals surface area contributed by atoms with Crippen LogP contribution in [0.1, 0.15) is 38.3 Å². The quantitative estimate of drug-likeness (QED) is 0.279. The number of benzene rings is 3. The Kier molecular flexibility index (Phi) is 4.72. The summed E-state index contributed by atoms with van der Waals surface area (Å²) in [6, 6.07) is 29.3. The molecule has 6 rings (SSSR count). The molecule has 0 aliphatic carbocycles. The predicted octanol–water partition coefficient (Wildman–Crippen LogP) is 7.89. The van der Waals surface area contributed by atoms with Crippen LogP contribution in [0.4, 0.5) is 0 Å². The van der Waals surface area contributed by atoms with Crippen LogP contribution in [-0.4, -0.2) is 14.5 Å². The number of fused-ring (bicyclic) bond motifs is 4. The summed E-state index contributed by atoms with van der Waals surface area (Å²) in [6.07, 6.45) is 2.16. The summed E-state index contributed by atoms with van der Waals surface area (Å²) in [4.78, 5) is 9.88. The summed E-state index contributed by atoms with van der Waals surface area (Å²) >= 11 is 0. The van der Waals surface area contributed by atoms with E-state index in [4.69, 9.17) is 14.4 Å². The van der Waals surface area contributed by atoms with Gasteiger partial charge in [0, 0.05) is 33.6 Å². The highest BCUT2D eigenvalue weighted by atomic mass is 16.3. The second kappa shape index (κ2) is 7.89. The third kappa shape index (κ3) is 3.21. The molecule has 0 atom stereocenters. The lowest BCUT2D eigenvalue weighted by Crippen LogP contribution is -1.98. The van der Waals surface area contributed by atoms with Crippen LogP contribution in [0.3, 0.4) is 0 Å². The SMILES string of the molecule is CCC(CC)c1ccc2c(n1)oc1ccc(-c3nc4ccccc4n3-c3ccccc3)cc12. The molecule has 0 saturated heterocycles. The van der Waals surface area contributed by atoms with Crippen LogP contribution in [0, 0.1) is 0 Å². The maximum Gasteiger partial charge on any atom is 0.227 e. The van der Waals surface area contributed by atoms with Gasteiger partial charge in [0.25, 0.3) is 0 Å². The molecular weight excluding hydrogens is 406 g/mol. The number of hydrogen-bond donors (Lipinski definition) is 0. The van der Waals surface area contributed by atoms with Gasteiger partial charge in [-0.25, -0.2) is 9.97 Å². The highest BCUT2D eigenvalue weighted by molar-refractivity contribution is 6.05. The second-order valence-corrected chi connectivity index (χ2v) is 8.51. The van der Waals surface area contributed by atoms with E-state index in [0.29, 0.717) is 11.6 Å². The summed E-state index contributed by atoms with van der Waals surface area (Å²) in [5, 5.41) is 2.11. The lowest BCUT2D eigenvalue weighted by molar-refractivity contribution is 0.608. The van der Waals surface area contributed by atoms with Crippen LogP contribution < -0.4 is 0 Å². The number of aromatic nitrogens is 3. The van der Waals surface area contributed by atoms with E-state index >= 15 is 0 Å². The molecule has 0 unspecified atom stereocenters. The third-order valence-electron chi connectivity index (χ3n) is 6.60. The molecule has 0 fully saturated rings. The van der Waals surface area contributed by atoms with E-state index < -0.39 is 0 Å². The van der Waals surface area contributed by atoms with Crippen molar-refractivity contribution in [3.05, 3.63) is 90.6 Å². The van der Waals surface area contributed by atoms with Crippen LogP contribution in [0.25, 0.3) is 50.2 Å². The number of imidazole rings is 1. The minimum absolute atomic E-state index is 0.462. The van der Waals surface area contributed by atoms with Crippen LogP contribution >= 0.6 is 0 Å². The molecule has 0 radical (unpaired) electrons. The molecule has 0 N–H and O–H groups in total. The van der Waals surface area contributed by atoms with Crippen molar-refractivity contribution in [2.45, 2.75) is 32.6 Å². The average molecular weight is 432 g/mol. The molecule has 162 valence electrons. The van der Waals surface area contributed by atoms with Gasteiger partial charge in [0.2, 0.25) is 5.71 Å². The molecule has 0 amide bonds. The van der Waals surface area contributed by atoms with Gasteiger partial charge in [-0.1, -0.05) is 44.2 Å². The second-order valence-electron chi connectivity index (χ2n) is 8.51. The first-order valence-corrected chi connectivity index (χ1v) is 11.6. The third-order valence-corrected chi connectivity index (χ3v) is 6.60. The van der Waals surface area contributed by atoms with Crippen molar-refractivity contribution >= 4 is 33.1 Å². The molecule has 0 aliphatic rings.